The maximum atomic E-state index is 16.2. The highest BCUT2D eigenvalue weighted by molar-refractivity contribution is 5.87. The molecule has 6 aliphatic heterocycles. The topological polar surface area (TPSA) is 543 Å². The van der Waals surface area contributed by atoms with Gasteiger partial charge in [-0.25, -0.2) is 4.79 Å². The van der Waals surface area contributed by atoms with Gasteiger partial charge in [0.1, 0.15) is 103 Å². The molecular formula is C75H112O36. The molecule has 12 rings (SSSR count). The summed E-state index contributed by atoms with van der Waals surface area (Å²) >= 11 is 0. The first-order chi connectivity index (χ1) is 52.3. The Hall–Kier alpha value is -4.57. The summed E-state index contributed by atoms with van der Waals surface area (Å²) in [4.78, 5) is 44.3. The minimum Gasteiger partial charge on any atom is -0.493 e. The second kappa shape index (κ2) is 32.7. The number of carboxylic acids is 1. The van der Waals surface area contributed by atoms with Crippen LogP contribution in [0.1, 0.15) is 112 Å². The zero-order chi connectivity index (χ0) is 80.9. The van der Waals surface area contributed by atoms with Crippen molar-refractivity contribution >= 4 is 24.0 Å². The summed E-state index contributed by atoms with van der Waals surface area (Å²) in [6.45, 7) is 8.42. The van der Waals surface area contributed by atoms with Crippen LogP contribution >= 0.6 is 0 Å². The molecule has 0 aromatic heterocycles. The Morgan fingerprint density at radius 3 is 1.78 bits per heavy atom. The monoisotopic (exact) mass is 1590 g/mol. The van der Waals surface area contributed by atoms with Crippen molar-refractivity contribution in [2.24, 2.45) is 50.2 Å². The molecule has 36 heteroatoms. The molecule has 6 saturated heterocycles. The Balaban J connectivity index is 0.857. The van der Waals surface area contributed by atoms with Gasteiger partial charge in [0.15, 0.2) is 55.2 Å². The summed E-state index contributed by atoms with van der Waals surface area (Å²) in [5.74, 6) is -4.19. The molecular weight excluding hydrogens is 1480 g/mol. The molecule has 0 radical (unpaired) electrons. The van der Waals surface area contributed by atoms with Gasteiger partial charge in [-0.1, -0.05) is 39.3 Å². The van der Waals surface area contributed by atoms with E-state index in [4.69, 9.17) is 75.8 Å². The number of hydrogen-bond acceptors (Lipinski definition) is 35. The van der Waals surface area contributed by atoms with Gasteiger partial charge in [-0.2, -0.15) is 0 Å². The van der Waals surface area contributed by atoms with E-state index in [9.17, 15) is 96.4 Å². The van der Waals surface area contributed by atoms with E-state index in [-0.39, 0.29) is 49.4 Å². The number of aliphatic hydroxyl groups is 16. The van der Waals surface area contributed by atoms with Gasteiger partial charge < -0.3 is 163 Å². The Morgan fingerprint density at radius 1 is 0.559 bits per heavy atom. The van der Waals surface area contributed by atoms with Gasteiger partial charge >= 0.3 is 17.9 Å². The number of hydrogen-bond donors (Lipinski definition) is 17. The van der Waals surface area contributed by atoms with Crippen molar-refractivity contribution in [3.63, 3.8) is 0 Å². The number of aliphatic hydroxyl groups excluding tert-OH is 15. The summed E-state index contributed by atoms with van der Waals surface area (Å²) in [6.07, 6.45) is -41.1. The van der Waals surface area contributed by atoms with Crippen LogP contribution in [0, 0.1) is 50.2 Å². The lowest BCUT2D eigenvalue weighted by Crippen LogP contribution is -2.71. The Bertz CT molecular complexity index is 3480. The van der Waals surface area contributed by atoms with E-state index >= 15 is 4.79 Å². The van der Waals surface area contributed by atoms with Crippen molar-refractivity contribution in [1.29, 1.82) is 0 Å². The van der Waals surface area contributed by atoms with Crippen LogP contribution in [0.15, 0.2) is 29.9 Å². The number of methoxy groups -OCH3 is 3. The van der Waals surface area contributed by atoms with E-state index in [0.29, 0.717) is 31.2 Å². The largest absolute Gasteiger partial charge is 0.493 e. The fourth-order valence-electron chi connectivity index (χ4n) is 20.5. The number of rotatable bonds is 22. The van der Waals surface area contributed by atoms with Crippen LogP contribution in [-0.2, 0) is 76.0 Å². The maximum absolute atomic E-state index is 16.2. The number of carbonyl (C=O) groups is 3. The molecule has 0 bridgehead atoms. The van der Waals surface area contributed by atoms with E-state index in [0.717, 1.165) is 11.6 Å². The molecule has 0 amide bonds. The van der Waals surface area contributed by atoms with Crippen molar-refractivity contribution in [2.75, 3.05) is 61.0 Å². The standard InChI is InChI=1S/C75H112O36/c1-31-53(105-44(82)14-11-33-21-39(96-8)56(98-10)40(22-33)97-9)50(88)58(109-64-52(90)57(108-66-59(91)75(95,29-78)30-101-66)54(32(2)102-64)106-62-51(89)55(38(81)27-100-62)107-61-48(86)45(83)37(80)26-99-61)65(103-31)111-68(94)73-18-17-69(3,4)23-35(73)34-12-13-42-70(5)24-36(79)60(110-63-49(87)47(85)46(84)41(25-76)104-63)72(7,67(92)93)43(70)15-16-71(42,6)74(34,28-77)20-19-73/h11-12,14,21-22,31-32,35-38,41-43,45-55,57-66,76-81,83-91,95H,13,15-20,23-30H2,1-10H3,(H,92,93)/b14-11-. The first-order valence-corrected chi connectivity index (χ1v) is 38.0. The molecule has 10 fully saturated rings. The van der Waals surface area contributed by atoms with Crippen molar-refractivity contribution in [2.45, 2.75) is 278 Å². The number of allylic oxidation sites excluding steroid dienone is 1. The number of fused-ring (bicyclic) bond motifs is 7. The van der Waals surface area contributed by atoms with E-state index in [1.54, 1.807) is 12.1 Å². The van der Waals surface area contributed by atoms with Gasteiger partial charge in [0, 0.05) is 11.5 Å². The molecule has 0 spiro atoms. The van der Waals surface area contributed by atoms with Crippen molar-refractivity contribution in [3.05, 3.63) is 35.4 Å². The highest BCUT2D eigenvalue weighted by Gasteiger charge is 2.74. The number of carbonyl (C=O) groups excluding carboxylic acids is 2. The smallest absolute Gasteiger partial charge is 0.331 e. The predicted octanol–water partition coefficient (Wildman–Crippen LogP) is -3.11. The molecule has 628 valence electrons. The highest BCUT2D eigenvalue weighted by Crippen LogP contribution is 2.76. The van der Waals surface area contributed by atoms with Crippen molar-refractivity contribution < 1.29 is 177 Å². The molecule has 1 aromatic rings. The molecule has 36 atom stereocenters. The third kappa shape index (κ3) is 15.0. The zero-order valence-corrected chi connectivity index (χ0v) is 63.7. The van der Waals surface area contributed by atoms with Gasteiger partial charge in [0.05, 0.1) is 90.1 Å². The lowest BCUT2D eigenvalue weighted by molar-refractivity contribution is -0.388. The summed E-state index contributed by atoms with van der Waals surface area (Å²) in [5.41, 5.74) is -7.77. The summed E-state index contributed by atoms with van der Waals surface area (Å²) in [6, 6.07) is 3.11. The molecule has 111 heavy (non-hydrogen) atoms. The molecule has 1 aromatic carbocycles. The van der Waals surface area contributed by atoms with Gasteiger partial charge in [-0.15, -0.1) is 0 Å². The first kappa shape index (κ1) is 85.8. The summed E-state index contributed by atoms with van der Waals surface area (Å²) in [7, 11) is 4.22. The van der Waals surface area contributed by atoms with Crippen molar-refractivity contribution in [1.82, 2.24) is 0 Å². The van der Waals surface area contributed by atoms with E-state index in [2.05, 4.69) is 20.8 Å². The number of aliphatic carboxylic acids is 1. The Kier molecular flexibility index (Phi) is 25.3. The van der Waals surface area contributed by atoms with Crippen LogP contribution in [0.25, 0.3) is 6.08 Å². The van der Waals surface area contributed by atoms with Crippen LogP contribution in [-0.4, -0.2) is 337 Å². The number of benzene rings is 1. The summed E-state index contributed by atoms with van der Waals surface area (Å²) < 4.78 is 95.6. The maximum Gasteiger partial charge on any atom is 0.331 e. The number of esters is 2. The number of carboxylic acid groups (broad SMARTS) is 1. The van der Waals surface area contributed by atoms with Gasteiger partial charge in [-0.3, -0.25) is 9.59 Å². The quantitative estimate of drug-likeness (QED) is 0.0236. The number of ether oxygens (including phenoxy) is 16. The molecule has 36 unspecified atom stereocenters. The van der Waals surface area contributed by atoms with E-state index in [1.807, 2.05) is 13.0 Å². The molecule has 4 saturated carbocycles. The van der Waals surface area contributed by atoms with Crippen molar-refractivity contribution in [3.8, 4) is 17.2 Å². The van der Waals surface area contributed by atoms with Gasteiger partial charge in [-0.05, 0) is 136 Å². The zero-order valence-electron chi connectivity index (χ0n) is 63.7. The Labute approximate surface area is 640 Å². The second-order valence-electron chi connectivity index (χ2n) is 33.7. The Morgan fingerprint density at radius 2 is 1.15 bits per heavy atom. The average Bonchev–Trinajstić information content (AvgIpc) is 1.37. The lowest BCUT2D eigenvalue weighted by Gasteiger charge is -2.71. The molecule has 17 N–H and O–H groups in total. The third-order valence-electron chi connectivity index (χ3n) is 26.9. The fourth-order valence-corrected chi connectivity index (χ4v) is 20.5. The third-order valence-corrected chi connectivity index (χ3v) is 26.9. The minimum atomic E-state index is -2.31. The average molecular weight is 1590 g/mol. The normalized spacial score (nSPS) is 48.4. The first-order valence-electron chi connectivity index (χ1n) is 38.0. The van der Waals surface area contributed by atoms with Crippen LogP contribution in [0.5, 0.6) is 17.2 Å². The molecule has 11 aliphatic rings. The molecule has 5 aliphatic carbocycles. The van der Waals surface area contributed by atoms with Crippen LogP contribution in [0.3, 0.4) is 0 Å². The van der Waals surface area contributed by atoms with Gasteiger partial charge in [0.25, 0.3) is 0 Å². The second-order valence-corrected chi connectivity index (χ2v) is 33.7. The minimum absolute atomic E-state index is 0.0230. The van der Waals surface area contributed by atoms with E-state index < -0.39 is 279 Å². The SMILES string of the molecule is COc1cc(/C=C\C(=O)OC2C(C)OC(OC(=O)C34CCC(C)(C)CC3C3=CCC5C6(C)CC(O)C(OC7OC(CO)C(O)C(O)C7O)C(C)(C(=O)O)C6CCC5(C)C3(CO)CC4)C(OC3OC(C)C(OC4OCC(O)C(OC5OCC(O)C(O)C5O)C4O)C(OC4OCC(O)(CO)C4O)C3O)C2O)cc(OC)c1OC. The predicted molar refractivity (Wildman–Crippen MR) is 371 cm³/mol. The van der Waals surface area contributed by atoms with Gasteiger partial charge in [0.2, 0.25) is 12.0 Å². The molecule has 6 heterocycles. The van der Waals surface area contributed by atoms with Crippen LogP contribution in [0.4, 0.5) is 0 Å². The molecule has 36 nitrogen and oxygen atoms in total. The fraction of sp³-hybridized carbons (Fsp3) is 0.827. The van der Waals surface area contributed by atoms with Crippen LogP contribution < -0.4 is 14.2 Å². The lowest BCUT2D eigenvalue weighted by atomic mass is 9.33. The van der Waals surface area contributed by atoms with E-state index in [1.165, 1.54) is 48.2 Å². The highest BCUT2D eigenvalue weighted by atomic mass is 16.8. The summed E-state index contributed by atoms with van der Waals surface area (Å²) in [5, 5.41) is 191. The van der Waals surface area contributed by atoms with Crippen LogP contribution in [0.2, 0.25) is 0 Å².